The molecule has 0 aliphatic rings. The zero-order valence-corrected chi connectivity index (χ0v) is 5.82. The minimum atomic E-state index is 0.945. The summed E-state index contributed by atoms with van der Waals surface area (Å²) < 4.78 is 0. The Morgan fingerprint density at radius 3 is 2.57 bits per heavy atom. The van der Waals surface area contributed by atoms with Crippen LogP contribution in [-0.2, 0) is 0 Å². The molecule has 0 aromatic rings. The Balaban J connectivity index is 2.92. The smallest absolute Gasteiger partial charge is 0.0212 e. The van der Waals surface area contributed by atoms with Gasteiger partial charge in [0, 0.05) is 5.33 Å². The molecule has 1 heteroatoms. The highest BCUT2D eigenvalue weighted by molar-refractivity contribution is 9.09. The average molecular weight is 161 g/mol. The van der Waals surface area contributed by atoms with Gasteiger partial charge in [0.15, 0.2) is 0 Å². The molecule has 40 valence electrons. The summed E-state index contributed by atoms with van der Waals surface area (Å²) in [4.78, 5) is 0. The molecule has 0 radical (unpaired) electrons. The molecule has 0 N–H and O–H groups in total. The van der Waals surface area contributed by atoms with Crippen molar-refractivity contribution in [2.45, 2.75) is 6.42 Å². The second-order valence-electron chi connectivity index (χ2n) is 1.15. The zero-order valence-electron chi connectivity index (χ0n) is 4.23. The lowest BCUT2D eigenvalue weighted by atomic mass is 10.4. The van der Waals surface area contributed by atoms with Crippen LogP contribution in [0.2, 0.25) is 0 Å². The van der Waals surface area contributed by atoms with E-state index in [9.17, 15) is 0 Å². The van der Waals surface area contributed by atoms with Crippen LogP contribution < -0.4 is 0 Å². The normalized spacial score (nSPS) is 9.86. The Morgan fingerprint density at radius 2 is 2.14 bits per heavy atom. The van der Waals surface area contributed by atoms with Gasteiger partial charge in [0.2, 0.25) is 0 Å². The van der Waals surface area contributed by atoms with Crippen molar-refractivity contribution in [2.24, 2.45) is 0 Å². The predicted molar refractivity (Wildman–Crippen MR) is 37.7 cm³/mol. The summed E-state index contributed by atoms with van der Waals surface area (Å²) in [5.74, 6) is 0. The van der Waals surface area contributed by atoms with E-state index >= 15 is 0 Å². The number of hydrogen-bond donors (Lipinski definition) is 0. The van der Waals surface area contributed by atoms with Crippen molar-refractivity contribution >= 4 is 15.9 Å². The lowest BCUT2D eigenvalue weighted by molar-refractivity contribution is 1.40. The number of hydrogen-bond acceptors (Lipinski definition) is 0. The first-order chi connectivity index (χ1) is 3.41. The maximum absolute atomic E-state index is 3.57. The average Bonchev–Trinajstić information content (AvgIpc) is 1.69. The molecule has 0 bridgehead atoms. The highest BCUT2D eigenvalue weighted by Crippen LogP contribution is 1.85. The summed E-state index contributed by atoms with van der Waals surface area (Å²) in [6.45, 7) is 3.57. The van der Waals surface area contributed by atoms with E-state index in [1.165, 1.54) is 0 Å². The van der Waals surface area contributed by atoms with Crippen molar-refractivity contribution < 1.29 is 0 Å². The van der Waals surface area contributed by atoms with Gasteiger partial charge >= 0.3 is 0 Å². The van der Waals surface area contributed by atoms with E-state index in [1.54, 1.807) is 0 Å². The van der Waals surface area contributed by atoms with Crippen LogP contribution in [0.3, 0.4) is 0 Å². The number of halogens is 1. The van der Waals surface area contributed by atoms with Crippen LogP contribution in [-0.4, -0.2) is 5.33 Å². The van der Waals surface area contributed by atoms with Crippen LogP contribution in [0.1, 0.15) is 6.42 Å². The third kappa shape index (κ3) is 5.96. The molecule has 0 aromatic carbocycles. The first-order valence-corrected chi connectivity index (χ1v) is 3.36. The minimum Gasteiger partial charge on any atom is -0.103 e. The van der Waals surface area contributed by atoms with Crippen LogP contribution in [0.4, 0.5) is 0 Å². The fourth-order valence-electron chi connectivity index (χ4n) is 0.255. The topological polar surface area (TPSA) is 0 Å². The largest absolute Gasteiger partial charge is 0.103 e. The summed E-state index contributed by atoms with van der Waals surface area (Å²) in [7, 11) is 0. The second kappa shape index (κ2) is 5.96. The van der Waals surface area contributed by atoms with Gasteiger partial charge in [-0.1, -0.05) is 34.2 Å². The Bertz CT molecular complexity index is 64.6. The summed E-state index contributed by atoms with van der Waals surface area (Å²) in [6.07, 6.45) is 6.98. The Kier molecular flexibility index (Phi) is 5.93. The molecule has 0 rings (SSSR count). The summed E-state index contributed by atoms with van der Waals surface area (Å²) >= 11 is 3.26. The summed E-state index contributed by atoms with van der Waals surface area (Å²) in [5.41, 5.74) is 0. The van der Waals surface area contributed by atoms with E-state index in [2.05, 4.69) is 34.7 Å². The van der Waals surface area contributed by atoms with Crippen molar-refractivity contribution in [2.75, 3.05) is 5.33 Å². The minimum absolute atomic E-state index is 0.945. The van der Waals surface area contributed by atoms with Crippen molar-refractivity contribution in [3.05, 3.63) is 24.8 Å². The molecule has 0 aliphatic carbocycles. The summed E-state index contributed by atoms with van der Waals surface area (Å²) in [5, 5.41) is 0.945. The maximum atomic E-state index is 3.57. The molecule has 0 aliphatic heterocycles. The van der Waals surface area contributed by atoms with E-state index in [1.807, 2.05) is 6.08 Å². The standard InChI is InChI=1S/C6H9Br/c1-2-3-4-5-6-7/h2,4-5H,1,3,6H2/b5-4+. The molecule has 0 fully saturated rings. The van der Waals surface area contributed by atoms with Crippen LogP contribution >= 0.6 is 15.9 Å². The SMILES string of the molecule is C=CC/C=C/CBr. The van der Waals surface area contributed by atoms with Crippen LogP contribution in [0.5, 0.6) is 0 Å². The molecule has 0 heterocycles. The second-order valence-corrected chi connectivity index (χ2v) is 1.80. The fourth-order valence-corrected chi connectivity index (χ4v) is 0.520. The Hall–Kier alpha value is -0.0400. The highest BCUT2D eigenvalue weighted by atomic mass is 79.9. The van der Waals surface area contributed by atoms with Gasteiger partial charge in [-0.05, 0) is 6.42 Å². The van der Waals surface area contributed by atoms with Crippen molar-refractivity contribution in [1.82, 2.24) is 0 Å². The molecule has 0 amide bonds. The van der Waals surface area contributed by atoms with Crippen LogP contribution in [0.15, 0.2) is 24.8 Å². The molecule has 0 aromatic heterocycles. The van der Waals surface area contributed by atoms with Crippen molar-refractivity contribution in [1.29, 1.82) is 0 Å². The Labute approximate surface area is 53.1 Å². The van der Waals surface area contributed by atoms with Gasteiger partial charge in [-0.25, -0.2) is 0 Å². The van der Waals surface area contributed by atoms with Gasteiger partial charge in [0.05, 0.1) is 0 Å². The van der Waals surface area contributed by atoms with Gasteiger partial charge in [-0.15, -0.1) is 6.58 Å². The third-order valence-corrected chi connectivity index (χ3v) is 0.932. The molecule has 0 nitrogen and oxygen atoms in total. The van der Waals surface area contributed by atoms with E-state index in [4.69, 9.17) is 0 Å². The first-order valence-electron chi connectivity index (χ1n) is 2.23. The molecule has 0 spiro atoms. The number of alkyl halides is 1. The molecule has 7 heavy (non-hydrogen) atoms. The monoisotopic (exact) mass is 160 g/mol. The van der Waals surface area contributed by atoms with E-state index in [0.29, 0.717) is 0 Å². The molecule has 0 atom stereocenters. The van der Waals surface area contributed by atoms with Gasteiger partial charge in [-0.3, -0.25) is 0 Å². The molecular weight excluding hydrogens is 152 g/mol. The van der Waals surface area contributed by atoms with E-state index in [-0.39, 0.29) is 0 Å². The van der Waals surface area contributed by atoms with Crippen LogP contribution in [0, 0.1) is 0 Å². The first kappa shape index (κ1) is 6.96. The van der Waals surface area contributed by atoms with Gasteiger partial charge in [-0.2, -0.15) is 0 Å². The van der Waals surface area contributed by atoms with Crippen molar-refractivity contribution in [3.8, 4) is 0 Å². The van der Waals surface area contributed by atoms with Gasteiger partial charge in [0.1, 0.15) is 0 Å². The number of allylic oxidation sites excluding steroid dienone is 3. The third-order valence-electron chi connectivity index (χ3n) is 0.559. The lowest BCUT2D eigenvalue weighted by Gasteiger charge is -1.74. The van der Waals surface area contributed by atoms with Crippen LogP contribution in [0.25, 0.3) is 0 Å². The summed E-state index contributed by atoms with van der Waals surface area (Å²) in [6, 6.07) is 0. The molecule has 0 saturated carbocycles. The van der Waals surface area contributed by atoms with Gasteiger partial charge < -0.3 is 0 Å². The van der Waals surface area contributed by atoms with E-state index in [0.717, 1.165) is 11.8 Å². The molecule has 0 unspecified atom stereocenters. The van der Waals surface area contributed by atoms with E-state index < -0.39 is 0 Å². The number of rotatable bonds is 3. The predicted octanol–water partition coefficient (Wildman–Crippen LogP) is 2.51. The molecule has 0 saturated heterocycles. The van der Waals surface area contributed by atoms with Crippen molar-refractivity contribution in [3.63, 3.8) is 0 Å². The lowest BCUT2D eigenvalue weighted by Crippen LogP contribution is -1.57. The zero-order chi connectivity index (χ0) is 5.54. The quantitative estimate of drug-likeness (QED) is 0.440. The Morgan fingerprint density at radius 1 is 1.43 bits per heavy atom. The molecular formula is C6H9Br. The van der Waals surface area contributed by atoms with Gasteiger partial charge in [0.25, 0.3) is 0 Å². The highest BCUT2D eigenvalue weighted by Gasteiger charge is 1.64. The fraction of sp³-hybridized carbons (Fsp3) is 0.333. The maximum Gasteiger partial charge on any atom is 0.0212 e.